The molecule has 1 saturated heterocycles. The van der Waals surface area contributed by atoms with Crippen molar-refractivity contribution in [1.29, 1.82) is 0 Å². The number of aromatic nitrogens is 3. The van der Waals surface area contributed by atoms with Crippen LogP contribution in [0.4, 0.5) is 10.1 Å². The second-order valence-corrected chi connectivity index (χ2v) is 9.44. The third kappa shape index (κ3) is 5.74. The fourth-order valence-corrected chi connectivity index (χ4v) is 4.52. The van der Waals surface area contributed by atoms with Crippen LogP contribution in [0, 0.1) is 6.92 Å². The average Bonchev–Trinajstić information content (AvgIpc) is 2.85. The molecule has 186 valence electrons. The zero-order chi connectivity index (χ0) is 25.0. The number of carbonyl (C=O) groups excluding carboxylic acids is 1. The summed E-state index contributed by atoms with van der Waals surface area (Å²) in [4.78, 5) is 28.2. The highest BCUT2D eigenvalue weighted by Gasteiger charge is 2.42. The van der Waals surface area contributed by atoms with Crippen LogP contribution in [-0.4, -0.2) is 77.4 Å². The number of piperidine rings is 1. The SMILES string of the molecule is COCC(F)CNC(=O)C1(C)CC(Nc2cnc3ccc(-c4cnc(C)nc4)cc3c2)CCN1C. The van der Waals surface area contributed by atoms with E-state index in [-0.39, 0.29) is 25.1 Å². The van der Waals surface area contributed by atoms with Crippen molar-refractivity contribution >= 4 is 22.5 Å². The van der Waals surface area contributed by atoms with Gasteiger partial charge in [0, 0.05) is 43.0 Å². The van der Waals surface area contributed by atoms with Gasteiger partial charge in [-0.05, 0) is 57.5 Å². The van der Waals surface area contributed by atoms with Crippen molar-refractivity contribution in [2.24, 2.45) is 0 Å². The first kappa shape index (κ1) is 24.9. The molecule has 0 bridgehead atoms. The Kier molecular flexibility index (Phi) is 7.57. The zero-order valence-electron chi connectivity index (χ0n) is 20.7. The van der Waals surface area contributed by atoms with Gasteiger partial charge in [-0.25, -0.2) is 14.4 Å². The quantitative estimate of drug-likeness (QED) is 0.511. The van der Waals surface area contributed by atoms with Crippen LogP contribution < -0.4 is 10.6 Å². The number of pyridine rings is 1. The number of alkyl halides is 1. The maximum Gasteiger partial charge on any atom is 0.240 e. The van der Waals surface area contributed by atoms with Gasteiger partial charge in [0.25, 0.3) is 0 Å². The number of methoxy groups -OCH3 is 1. The van der Waals surface area contributed by atoms with Gasteiger partial charge in [-0.3, -0.25) is 14.7 Å². The molecule has 3 unspecified atom stereocenters. The molecule has 0 aliphatic carbocycles. The van der Waals surface area contributed by atoms with Crippen molar-refractivity contribution in [1.82, 2.24) is 25.2 Å². The number of amides is 1. The van der Waals surface area contributed by atoms with Gasteiger partial charge in [-0.2, -0.15) is 0 Å². The minimum Gasteiger partial charge on any atom is -0.382 e. The minimum absolute atomic E-state index is 0.0371. The third-order valence-corrected chi connectivity index (χ3v) is 6.79. The fraction of sp³-hybridized carbons (Fsp3) is 0.462. The summed E-state index contributed by atoms with van der Waals surface area (Å²) in [7, 11) is 3.38. The molecular weight excluding hydrogens is 447 g/mol. The maximum absolute atomic E-state index is 13.8. The van der Waals surface area contributed by atoms with E-state index in [1.54, 1.807) is 0 Å². The molecule has 4 rings (SSSR count). The molecule has 8 nitrogen and oxygen atoms in total. The van der Waals surface area contributed by atoms with Gasteiger partial charge in [-0.1, -0.05) is 6.07 Å². The molecule has 2 N–H and O–H groups in total. The smallest absolute Gasteiger partial charge is 0.240 e. The summed E-state index contributed by atoms with van der Waals surface area (Å²) < 4.78 is 18.6. The van der Waals surface area contributed by atoms with Crippen molar-refractivity contribution in [2.45, 2.75) is 44.4 Å². The van der Waals surface area contributed by atoms with E-state index in [1.807, 2.05) is 56.5 Å². The predicted octanol–water partition coefficient (Wildman–Crippen LogP) is 3.37. The first-order valence-electron chi connectivity index (χ1n) is 11.9. The van der Waals surface area contributed by atoms with Crippen molar-refractivity contribution in [3.63, 3.8) is 0 Å². The molecule has 3 heterocycles. The summed E-state index contributed by atoms with van der Waals surface area (Å²) in [6, 6.07) is 8.25. The predicted molar refractivity (Wildman–Crippen MR) is 135 cm³/mol. The Balaban J connectivity index is 1.47. The molecule has 2 aromatic heterocycles. The van der Waals surface area contributed by atoms with Crippen molar-refractivity contribution in [2.75, 3.05) is 39.2 Å². The fourth-order valence-electron chi connectivity index (χ4n) is 4.52. The number of rotatable bonds is 8. The Morgan fingerprint density at radius 1 is 1.23 bits per heavy atom. The number of hydrogen-bond acceptors (Lipinski definition) is 7. The van der Waals surface area contributed by atoms with Gasteiger partial charge in [-0.15, -0.1) is 0 Å². The number of ether oxygens (including phenoxy) is 1. The van der Waals surface area contributed by atoms with Crippen LogP contribution >= 0.6 is 0 Å². The van der Waals surface area contributed by atoms with E-state index in [9.17, 15) is 9.18 Å². The van der Waals surface area contributed by atoms with Crippen LogP contribution in [0.1, 0.15) is 25.6 Å². The topological polar surface area (TPSA) is 92.3 Å². The van der Waals surface area contributed by atoms with Crippen LogP contribution in [0.5, 0.6) is 0 Å². The summed E-state index contributed by atoms with van der Waals surface area (Å²) in [5, 5.41) is 7.33. The highest BCUT2D eigenvalue weighted by molar-refractivity contribution is 5.87. The average molecular weight is 481 g/mol. The van der Waals surface area contributed by atoms with Crippen LogP contribution in [0.3, 0.4) is 0 Å². The molecule has 3 aromatic rings. The molecule has 9 heteroatoms. The highest BCUT2D eigenvalue weighted by Crippen LogP contribution is 2.30. The molecule has 1 amide bonds. The number of anilines is 1. The molecule has 3 atom stereocenters. The van der Waals surface area contributed by atoms with Gasteiger partial charge in [0.1, 0.15) is 12.0 Å². The molecule has 1 fully saturated rings. The summed E-state index contributed by atoms with van der Waals surface area (Å²) >= 11 is 0. The lowest BCUT2D eigenvalue weighted by Crippen LogP contribution is -2.61. The molecule has 1 aromatic carbocycles. The lowest BCUT2D eigenvalue weighted by atomic mass is 9.84. The van der Waals surface area contributed by atoms with Crippen LogP contribution in [0.15, 0.2) is 42.9 Å². The number of hydrogen-bond donors (Lipinski definition) is 2. The Labute approximate surface area is 205 Å². The summed E-state index contributed by atoms with van der Waals surface area (Å²) in [5.74, 6) is 0.563. The summed E-state index contributed by atoms with van der Waals surface area (Å²) in [6.07, 6.45) is 5.72. The van der Waals surface area contributed by atoms with E-state index >= 15 is 0 Å². The maximum atomic E-state index is 13.8. The minimum atomic E-state index is -1.23. The number of aryl methyl sites for hydroxylation is 1. The number of nitrogens with one attached hydrogen (secondary N) is 2. The van der Waals surface area contributed by atoms with Gasteiger partial charge < -0.3 is 15.4 Å². The number of fused-ring (bicyclic) bond motifs is 1. The van der Waals surface area contributed by atoms with Crippen LogP contribution in [0.2, 0.25) is 0 Å². The van der Waals surface area contributed by atoms with E-state index in [0.717, 1.165) is 46.5 Å². The zero-order valence-corrected chi connectivity index (χ0v) is 20.7. The number of carbonyl (C=O) groups is 1. The molecule has 1 aliphatic heterocycles. The Morgan fingerprint density at radius 2 is 2.00 bits per heavy atom. The second-order valence-electron chi connectivity index (χ2n) is 9.44. The van der Waals surface area contributed by atoms with Crippen LogP contribution in [-0.2, 0) is 9.53 Å². The number of halogens is 1. The van der Waals surface area contributed by atoms with E-state index in [1.165, 1.54) is 7.11 Å². The Bertz CT molecular complexity index is 1170. The van der Waals surface area contributed by atoms with Gasteiger partial charge in [0.05, 0.1) is 36.1 Å². The normalized spacial score (nSPS) is 21.6. The van der Waals surface area contributed by atoms with E-state index < -0.39 is 11.7 Å². The molecular formula is C26H33FN6O2. The first-order chi connectivity index (χ1) is 16.8. The number of likely N-dealkylation sites (tertiary alicyclic amines) is 1. The second kappa shape index (κ2) is 10.6. The van der Waals surface area contributed by atoms with Gasteiger partial charge >= 0.3 is 0 Å². The lowest BCUT2D eigenvalue weighted by molar-refractivity contribution is -0.134. The molecule has 0 spiro atoms. The van der Waals surface area contributed by atoms with Crippen molar-refractivity contribution < 1.29 is 13.9 Å². The summed E-state index contributed by atoms with van der Waals surface area (Å²) in [6.45, 7) is 4.43. The van der Waals surface area contributed by atoms with Crippen molar-refractivity contribution in [3.8, 4) is 11.1 Å². The molecule has 35 heavy (non-hydrogen) atoms. The monoisotopic (exact) mass is 480 g/mol. The van der Waals surface area contributed by atoms with E-state index in [0.29, 0.717) is 6.42 Å². The van der Waals surface area contributed by atoms with Gasteiger partial charge in [0.2, 0.25) is 5.91 Å². The third-order valence-electron chi connectivity index (χ3n) is 6.79. The number of likely N-dealkylation sites (N-methyl/N-ethyl adjacent to an activating group) is 1. The molecule has 0 saturated carbocycles. The van der Waals surface area contributed by atoms with Crippen molar-refractivity contribution in [3.05, 3.63) is 48.7 Å². The Hall–Kier alpha value is -3.17. The largest absolute Gasteiger partial charge is 0.382 e. The summed E-state index contributed by atoms with van der Waals surface area (Å²) in [5.41, 5.74) is 3.03. The molecule has 1 aliphatic rings. The molecule has 0 radical (unpaired) electrons. The number of nitrogens with zero attached hydrogens (tertiary/aromatic N) is 4. The van der Waals surface area contributed by atoms with E-state index in [4.69, 9.17) is 4.74 Å². The number of benzene rings is 1. The first-order valence-corrected chi connectivity index (χ1v) is 11.9. The standard InChI is InChI=1S/C26H33FN6O2/c1-17-28-12-20(13-29-17)18-5-6-24-19(9-18)10-23(15-30-24)32-22-7-8-33(3)26(2,11-22)25(34)31-14-21(27)16-35-4/h5-6,9-10,12-13,15,21-22,32H,7-8,11,14,16H2,1-4H3,(H,31,34). The highest BCUT2D eigenvalue weighted by atomic mass is 19.1. The van der Waals surface area contributed by atoms with Crippen LogP contribution in [0.25, 0.3) is 22.0 Å². The van der Waals surface area contributed by atoms with E-state index in [2.05, 4.69) is 37.7 Å². The lowest BCUT2D eigenvalue weighted by Gasteiger charge is -2.44. The Morgan fingerprint density at radius 3 is 2.74 bits per heavy atom. The van der Waals surface area contributed by atoms with Gasteiger partial charge in [0.15, 0.2) is 0 Å².